The van der Waals surface area contributed by atoms with Crippen molar-refractivity contribution in [1.29, 1.82) is 0 Å². The van der Waals surface area contributed by atoms with Gasteiger partial charge in [0.15, 0.2) is 10.9 Å². The summed E-state index contributed by atoms with van der Waals surface area (Å²) in [5.41, 5.74) is 4.12. The largest absolute Gasteiger partial charge is 0.393 e. The quantitative estimate of drug-likeness (QED) is 0.395. The zero-order valence-electron chi connectivity index (χ0n) is 25.7. The number of carbonyl (C=O) groups is 1. The average molecular weight is 643 g/mol. The summed E-state index contributed by atoms with van der Waals surface area (Å²) in [4.78, 5) is 30.8. The van der Waals surface area contributed by atoms with E-state index in [9.17, 15) is 18.3 Å². The number of amides is 1. The first-order chi connectivity index (χ1) is 21.0. The molecule has 2 N–H and O–H groups in total. The fraction of sp³-hybridized carbons (Fsp3) is 0.613. The molecule has 6 rings (SSSR count). The van der Waals surface area contributed by atoms with Gasteiger partial charge in [0.05, 0.1) is 25.3 Å². The molecule has 238 valence electrons. The van der Waals surface area contributed by atoms with Crippen LogP contribution in [0.25, 0.3) is 10.3 Å². The third-order valence-corrected chi connectivity index (χ3v) is 11.7. The van der Waals surface area contributed by atoms with E-state index in [2.05, 4.69) is 42.0 Å². The maximum absolute atomic E-state index is 13.6. The van der Waals surface area contributed by atoms with Gasteiger partial charge in [0, 0.05) is 31.5 Å². The van der Waals surface area contributed by atoms with Crippen LogP contribution in [0.3, 0.4) is 0 Å². The van der Waals surface area contributed by atoms with Gasteiger partial charge < -0.3 is 20.1 Å². The van der Waals surface area contributed by atoms with Gasteiger partial charge >= 0.3 is 0 Å². The summed E-state index contributed by atoms with van der Waals surface area (Å²) in [6.45, 7) is 9.73. The topological polar surface area (TPSA) is 138 Å². The highest BCUT2D eigenvalue weighted by Gasteiger charge is 2.31. The number of aromatic nitrogens is 3. The number of hydrogen-bond acceptors (Lipinski definition) is 10. The van der Waals surface area contributed by atoms with E-state index in [0.29, 0.717) is 29.8 Å². The number of nitrogens with one attached hydrogen (secondary N) is 1. The van der Waals surface area contributed by atoms with E-state index < -0.39 is 10.0 Å². The number of carbonyl (C=O) groups excluding carboxylic acids is 1. The molecule has 11 nitrogen and oxygen atoms in total. The van der Waals surface area contributed by atoms with Gasteiger partial charge in [-0.2, -0.15) is 0 Å². The van der Waals surface area contributed by atoms with Crippen molar-refractivity contribution >= 4 is 43.4 Å². The van der Waals surface area contributed by atoms with Crippen molar-refractivity contribution in [3.8, 4) is 0 Å². The molecule has 0 spiro atoms. The van der Waals surface area contributed by atoms with Crippen LogP contribution in [0.5, 0.6) is 0 Å². The zero-order chi connectivity index (χ0) is 31.1. The molecule has 5 heterocycles. The van der Waals surface area contributed by atoms with Crippen LogP contribution in [0.2, 0.25) is 0 Å². The van der Waals surface area contributed by atoms with E-state index in [4.69, 9.17) is 14.7 Å². The lowest BCUT2D eigenvalue weighted by Crippen LogP contribution is -2.41. The van der Waals surface area contributed by atoms with E-state index in [1.54, 1.807) is 12.3 Å². The number of sulfonamides is 1. The second-order valence-corrected chi connectivity index (χ2v) is 16.1. The maximum Gasteiger partial charge on any atom is 0.280 e. The molecule has 2 aliphatic heterocycles. The van der Waals surface area contributed by atoms with Gasteiger partial charge in [-0.1, -0.05) is 38.2 Å². The molecule has 3 aromatic heterocycles. The lowest BCUT2D eigenvalue weighted by atomic mass is 9.71. The number of fused-ring (bicyclic) bond motifs is 2. The first kappa shape index (κ1) is 31.3. The standard InChI is InChI=1S/C31H42N6O5S2/c1-31(2,3)22-5-6-24-21(16-22)17-26-29(34-24)43-30(35-26)28(39)33-25(10-13-36-11-8-23(38)9-12-36)20-4-7-27(32-18-20)37-14-15-42-19-44(37,40)41/h4,7,17-18,22-23,25,38H,5-6,8-16,19H2,1-3H3,(H,33,39)/t22-,25?/m0/s1. The molecule has 44 heavy (non-hydrogen) atoms. The van der Waals surface area contributed by atoms with Gasteiger partial charge in [0.2, 0.25) is 0 Å². The highest BCUT2D eigenvalue weighted by Crippen LogP contribution is 2.38. The fourth-order valence-electron chi connectivity index (χ4n) is 6.37. The minimum Gasteiger partial charge on any atom is -0.393 e. The lowest BCUT2D eigenvalue weighted by molar-refractivity contribution is 0.0795. The monoisotopic (exact) mass is 642 g/mol. The summed E-state index contributed by atoms with van der Waals surface area (Å²) in [7, 11) is -3.58. The minimum absolute atomic E-state index is 0.210. The molecule has 2 atom stereocenters. The molecule has 2 saturated heterocycles. The Hall–Kier alpha value is -2.71. The second-order valence-electron chi connectivity index (χ2n) is 13.3. The van der Waals surface area contributed by atoms with Gasteiger partial charge in [-0.15, -0.1) is 0 Å². The zero-order valence-corrected chi connectivity index (χ0v) is 27.3. The Morgan fingerprint density at radius 3 is 2.68 bits per heavy atom. The predicted octanol–water partition coefficient (Wildman–Crippen LogP) is 3.68. The van der Waals surface area contributed by atoms with Crippen LogP contribution < -0.4 is 9.62 Å². The Labute approximate surface area is 263 Å². The summed E-state index contributed by atoms with van der Waals surface area (Å²) < 4.78 is 31.4. The van der Waals surface area contributed by atoms with Crippen LogP contribution >= 0.6 is 11.3 Å². The number of ether oxygens (including phenoxy) is 1. The molecule has 3 aromatic rings. The van der Waals surface area contributed by atoms with Crippen molar-refractivity contribution in [1.82, 2.24) is 25.2 Å². The highest BCUT2D eigenvalue weighted by molar-refractivity contribution is 7.92. The number of hydrogen-bond donors (Lipinski definition) is 2. The van der Waals surface area contributed by atoms with Gasteiger partial charge in [-0.25, -0.2) is 27.7 Å². The van der Waals surface area contributed by atoms with Crippen LogP contribution in [0.15, 0.2) is 24.4 Å². The maximum atomic E-state index is 13.6. The second kappa shape index (κ2) is 12.6. The smallest absolute Gasteiger partial charge is 0.280 e. The number of nitrogens with zero attached hydrogens (tertiary/aromatic N) is 5. The minimum atomic E-state index is -3.58. The molecular weight excluding hydrogens is 601 g/mol. The van der Waals surface area contributed by atoms with Gasteiger partial charge in [0.25, 0.3) is 15.9 Å². The number of pyridine rings is 2. The Morgan fingerprint density at radius 2 is 1.98 bits per heavy atom. The first-order valence-corrected chi connectivity index (χ1v) is 17.9. The summed E-state index contributed by atoms with van der Waals surface area (Å²) in [6, 6.07) is 5.27. The van der Waals surface area contributed by atoms with Crippen LogP contribution in [0.4, 0.5) is 5.82 Å². The lowest BCUT2D eigenvalue weighted by Gasteiger charge is -2.34. The van der Waals surface area contributed by atoms with Crippen molar-refractivity contribution in [3.05, 3.63) is 46.2 Å². The third kappa shape index (κ3) is 6.91. The van der Waals surface area contributed by atoms with E-state index in [1.165, 1.54) is 21.2 Å². The Morgan fingerprint density at radius 1 is 1.18 bits per heavy atom. The molecule has 0 radical (unpaired) electrons. The Bertz CT molecular complexity index is 1600. The third-order valence-electron chi connectivity index (χ3n) is 9.20. The van der Waals surface area contributed by atoms with Crippen molar-refractivity contribution in [3.63, 3.8) is 0 Å². The molecule has 3 aliphatic rings. The molecule has 1 aliphatic carbocycles. The first-order valence-electron chi connectivity index (χ1n) is 15.5. The normalized spacial score (nSPS) is 22.1. The number of aliphatic hydroxyl groups excluding tert-OH is 1. The fourth-order valence-corrected chi connectivity index (χ4v) is 8.41. The number of anilines is 1. The number of rotatable bonds is 7. The van der Waals surface area contributed by atoms with Crippen molar-refractivity contribution in [2.75, 3.05) is 43.0 Å². The summed E-state index contributed by atoms with van der Waals surface area (Å²) >= 11 is 1.32. The molecule has 0 aromatic carbocycles. The predicted molar refractivity (Wildman–Crippen MR) is 170 cm³/mol. The van der Waals surface area contributed by atoms with Crippen LogP contribution in [0, 0.1) is 11.3 Å². The molecule has 0 saturated carbocycles. The Kier molecular flexibility index (Phi) is 8.95. The number of likely N-dealkylation sites (tertiary alicyclic amines) is 1. The van der Waals surface area contributed by atoms with Crippen molar-refractivity contribution in [2.24, 2.45) is 11.3 Å². The van der Waals surface area contributed by atoms with Gasteiger partial charge in [0.1, 0.15) is 16.2 Å². The summed E-state index contributed by atoms with van der Waals surface area (Å²) in [5.74, 6) is 0.291. The number of aliphatic hydroxyl groups is 1. The molecule has 2 fully saturated rings. The SMILES string of the molecule is CC(C)(C)[C@H]1CCc2nc3sc(C(=O)NC(CCN4CCC(O)CC4)c4ccc(N5CCOCS5(=O)=O)nc4)nc3cc2C1. The number of aryl methyl sites for hydroxylation is 1. The van der Waals surface area contributed by atoms with Crippen LogP contribution in [-0.2, 0) is 27.6 Å². The summed E-state index contributed by atoms with van der Waals surface area (Å²) in [6.07, 6.45) is 6.52. The molecule has 13 heteroatoms. The molecule has 0 bridgehead atoms. The van der Waals surface area contributed by atoms with E-state index in [-0.39, 0.29) is 36.0 Å². The number of thiazole rings is 1. The molecule has 1 unspecified atom stereocenters. The highest BCUT2D eigenvalue weighted by atomic mass is 32.2. The van der Waals surface area contributed by atoms with E-state index >= 15 is 0 Å². The van der Waals surface area contributed by atoms with Crippen LogP contribution in [-0.4, -0.2) is 84.1 Å². The van der Waals surface area contributed by atoms with Crippen molar-refractivity contribution in [2.45, 2.75) is 71.4 Å². The number of piperidine rings is 1. The Balaban J connectivity index is 1.21. The molecular formula is C31H42N6O5S2. The average Bonchev–Trinajstić information content (AvgIpc) is 3.41. The molecule has 1 amide bonds. The van der Waals surface area contributed by atoms with E-state index in [0.717, 1.165) is 73.3 Å². The van der Waals surface area contributed by atoms with Crippen LogP contribution in [0.1, 0.15) is 79.1 Å². The van der Waals surface area contributed by atoms with Gasteiger partial charge in [-0.3, -0.25) is 4.79 Å². The summed E-state index contributed by atoms with van der Waals surface area (Å²) in [5, 5.41) is 13.5. The van der Waals surface area contributed by atoms with E-state index in [1.807, 2.05) is 6.07 Å². The van der Waals surface area contributed by atoms with Crippen molar-refractivity contribution < 1.29 is 23.1 Å². The van der Waals surface area contributed by atoms with Gasteiger partial charge in [-0.05, 0) is 73.1 Å².